The second-order valence-electron chi connectivity index (χ2n) is 5.91. The van der Waals surface area contributed by atoms with Crippen molar-refractivity contribution in [2.24, 2.45) is 0 Å². The zero-order valence-corrected chi connectivity index (χ0v) is 13.5. The molecule has 112 valence electrons. The zero-order chi connectivity index (χ0) is 15.4. The molecule has 1 aliphatic heterocycles. The summed E-state index contributed by atoms with van der Waals surface area (Å²) >= 11 is 0. The van der Waals surface area contributed by atoms with E-state index in [1.54, 1.807) is 0 Å². The molecule has 21 heavy (non-hydrogen) atoms. The van der Waals surface area contributed by atoms with E-state index in [4.69, 9.17) is 0 Å². The Balaban J connectivity index is 2.17. The van der Waals surface area contributed by atoms with E-state index in [9.17, 15) is 4.79 Å². The fourth-order valence-corrected chi connectivity index (χ4v) is 2.87. The highest BCUT2D eigenvalue weighted by Gasteiger charge is 2.30. The number of carbonyl (C=O) groups is 1. The lowest BCUT2D eigenvalue weighted by atomic mass is 10.1. The molecule has 0 saturated heterocycles. The van der Waals surface area contributed by atoms with Crippen LogP contribution in [0, 0.1) is 0 Å². The number of carbonyl (C=O) groups excluding carboxylic acids is 1. The molecule has 0 spiro atoms. The summed E-state index contributed by atoms with van der Waals surface area (Å²) in [5.74, 6) is 0.168. The van der Waals surface area contributed by atoms with Crippen LogP contribution in [0.2, 0.25) is 0 Å². The Kier molecular flexibility index (Phi) is 5.00. The molecule has 0 radical (unpaired) electrons. The lowest BCUT2D eigenvalue weighted by Crippen LogP contribution is -2.30. The first kappa shape index (κ1) is 15.6. The molecule has 0 aromatic heterocycles. The molecule has 2 rings (SSSR count). The van der Waals surface area contributed by atoms with Crippen molar-refractivity contribution >= 4 is 5.91 Å². The fourth-order valence-electron chi connectivity index (χ4n) is 2.87. The smallest absolute Gasteiger partial charge is 0.250 e. The standard InChI is InChI=1S/C19H25NO/c1-5-9-14(2)12-18-13-20(19(21)15(18)3)16(4)17-10-7-6-8-11-17/h6-8,10-12,16H,5,9,13H2,1-4H3. The van der Waals surface area contributed by atoms with Crippen LogP contribution in [0.4, 0.5) is 0 Å². The van der Waals surface area contributed by atoms with E-state index in [1.165, 1.54) is 16.7 Å². The van der Waals surface area contributed by atoms with Crippen LogP contribution in [0.15, 0.2) is 53.1 Å². The highest BCUT2D eigenvalue weighted by Crippen LogP contribution is 2.30. The van der Waals surface area contributed by atoms with E-state index in [0.717, 1.165) is 25.0 Å². The summed E-state index contributed by atoms with van der Waals surface area (Å²) in [5, 5.41) is 0. The highest BCUT2D eigenvalue weighted by atomic mass is 16.2. The average Bonchev–Trinajstić information content (AvgIpc) is 2.76. The Morgan fingerprint density at radius 2 is 2.00 bits per heavy atom. The maximum Gasteiger partial charge on any atom is 0.250 e. The Bertz CT molecular complexity index is 568. The molecule has 1 aliphatic rings. The van der Waals surface area contributed by atoms with Gasteiger partial charge in [-0.3, -0.25) is 4.79 Å². The van der Waals surface area contributed by atoms with E-state index in [-0.39, 0.29) is 11.9 Å². The van der Waals surface area contributed by atoms with Crippen molar-refractivity contribution in [3.8, 4) is 0 Å². The van der Waals surface area contributed by atoms with Gasteiger partial charge in [0.25, 0.3) is 5.91 Å². The summed E-state index contributed by atoms with van der Waals surface area (Å²) in [4.78, 5) is 14.5. The third kappa shape index (κ3) is 3.44. The molecule has 1 heterocycles. The van der Waals surface area contributed by atoms with Gasteiger partial charge in [0.2, 0.25) is 0 Å². The van der Waals surface area contributed by atoms with Gasteiger partial charge in [0.05, 0.1) is 6.04 Å². The van der Waals surface area contributed by atoms with Gasteiger partial charge >= 0.3 is 0 Å². The molecular formula is C19H25NO. The normalized spacial score (nSPS) is 17.6. The minimum absolute atomic E-state index is 0.117. The molecule has 1 aromatic rings. The van der Waals surface area contributed by atoms with Crippen molar-refractivity contribution in [2.75, 3.05) is 6.54 Å². The fraction of sp³-hybridized carbons (Fsp3) is 0.421. The summed E-state index contributed by atoms with van der Waals surface area (Å²) in [6.45, 7) is 9.11. The van der Waals surface area contributed by atoms with Gasteiger partial charge in [-0.15, -0.1) is 0 Å². The maximum atomic E-state index is 12.5. The van der Waals surface area contributed by atoms with E-state index in [2.05, 4.69) is 39.0 Å². The minimum Gasteiger partial charge on any atom is -0.328 e. The van der Waals surface area contributed by atoms with Crippen molar-refractivity contribution in [1.82, 2.24) is 4.90 Å². The van der Waals surface area contributed by atoms with Gasteiger partial charge < -0.3 is 4.90 Å². The molecule has 2 nitrogen and oxygen atoms in total. The number of hydrogen-bond donors (Lipinski definition) is 0. The van der Waals surface area contributed by atoms with Crippen LogP contribution >= 0.6 is 0 Å². The summed E-state index contributed by atoms with van der Waals surface area (Å²) < 4.78 is 0. The van der Waals surface area contributed by atoms with Gasteiger partial charge in [-0.05, 0) is 38.3 Å². The van der Waals surface area contributed by atoms with E-state index < -0.39 is 0 Å². The van der Waals surface area contributed by atoms with Gasteiger partial charge in [0, 0.05) is 12.1 Å². The topological polar surface area (TPSA) is 20.3 Å². The monoisotopic (exact) mass is 283 g/mol. The molecule has 0 saturated carbocycles. The number of rotatable bonds is 5. The molecule has 1 aromatic carbocycles. The second kappa shape index (κ2) is 6.75. The maximum absolute atomic E-state index is 12.5. The van der Waals surface area contributed by atoms with Gasteiger partial charge in [-0.2, -0.15) is 0 Å². The van der Waals surface area contributed by atoms with Gasteiger partial charge in [-0.1, -0.05) is 55.3 Å². The van der Waals surface area contributed by atoms with Crippen LogP contribution in [-0.2, 0) is 4.79 Å². The molecule has 1 amide bonds. The molecule has 1 atom stereocenters. The third-order valence-electron chi connectivity index (χ3n) is 4.22. The van der Waals surface area contributed by atoms with Crippen molar-refractivity contribution in [3.05, 3.63) is 58.7 Å². The lowest BCUT2D eigenvalue weighted by Gasteiger charge is -2.25. The molecule has 0 N–H and O–H groups in total. The van der Waals surface area contributed by atoms with E-state index in [0.29, 0.717) is 0 Å². The lowest BCUT2D eigenvalue weighted by molar-refractivity contribution is -0.127. The predicted octanol–water partition coefficient (Wildman–Crippen LogP) is 4.65. The quantitative estimate of drug-likeness (QED) is 0.770. The first-order valence-electron chi connectivity index (χ1n) is 7.77. The molecule has 0 aliphatic carbocycles. The second-order valence-corrected chi connectivity index (χ2v) is 5.91. The summed E-state index contributed by atoms with van der Waals surface area (Å²) in [6, 6.07) is 10.4. The van der Waals surface area contributed by atoms with Crippen molar-refractivity contribution in [3.63, 3.8) is 0 Å². The van der Waals surface area contributed by atoms with Crippen LogP contribution in [0.3, 0.4) is 0 Å². The SMILES string of the molecule is CCCC(C)=CC1=C(C)C(=O)N(C(C)c2ccccc2)C1. The Morgan fingerprint density at radius 3 is 2.62 bits per heavy atom. The van der Waals surface area contributed by atoms with Crippen molar-refractivity contribution in [1.29, 1.82) is 0 Å². The average molecular weight is 283 g/mol. The van der Waals surface area contributed by atoms with Gasteiger partial charge in [-0.25, -0.2) is 0 Å². The van der Waals surface area contributed by atoms with Crippen LogP contribution < -0.4 is 0 Å². The molecule has 0 fully saturated rings. The van der Waals surface area contributed by atoms with Crippen LogP contribution in [0.1, 0.15) is 52.1 Å². The molecule has 2 heteroatoms. The van der Waals surface area contributed by atoms with E-state index >= 15 is 0 Å². The van der Waals surface area contributed by atoms with Crippen molar-refractivity contribution in [2.45, 2.75) is 46.6 Å². The summed E-state index contributed by atoms with van der Waals surface area (Å²) in [7, 11) is 0. The zero-order valence-electron chi connectivity index (χ0n) is 13.5. The number of hydrogen-bond acceptors (Lipinski definition) is 1. The van der Waals surface area contributed by atoms with Crippen molar-refractivity contribution < 1.29 is 4.79 Å². The molecular weight excluding hydrogens is 258 g/mol. The minimum atomic E-state index is 0.117. The van der Waals surface area contributed by atoms with E-state index in [1.807, 2.05) is 30.0 Å². The Morgan fingerprint density at radius 1 is 1.33 bits per heavy atom. The van der Waals surface area contributed by atoms with Gasteiger partial charge in [0.1, 0.15) is 0 Å². The van der Waals surface area contributed by atoms with Crippen LogP contribution in [-0.4, -0.2) is 17.4 Å². The first-order valence-corrected chi connectivity index (χ1v) is 7.77. The van der Waals surface area contributed by atoms with Crippen LogP contribution in [0.25, 0.3) is 0 Å². The Labute approximate surface area is 128 Å². The number of amides is 1. The predicted molar refractivity (Wildman–Crippen MR) is 87.9 cm³/mol. The Hall–Kier alpha value is -1.83. The highest BCUT2D eigenvalue weighted by molar-refractivity contribution is 5.97. The summed E-state index contributed by atoms with van der Waals surface area (Å²) in [6.07, 6.45) is 4.44. The molecule has 0 bridgehead atoms. The van der Waals surface area contributed by atoms with Gasteiger partial charge in [0.15, 0.2) is 0 Å². The number of nitrogens with zero attached hydrogens (tertiary/aromatic N) is 1. The largest absolute Gasteiger partial charge is 0.328 e. The first-order chi connectivity index (χ1) is 10.0. The molecule has 1 unspecified atom stereocenters. The third-order valence-corrected chi connectivity index (χ3v) is 4.22. The number of allylic oxidation sites excluding steroid dienone is 1. The number of benzene rings is 1. The summed E-state index contributed by atoms with van der Waals surface area (Å²) in [5.41, 5.74) is 4.62. The van der Waals surface area contributed by atoms with Crippen LogP contribution in [0.5, 0.6) is 0 Å².